The summed E-state index contributed by atoms with van der Waals surface area (Å²) >= 11 is 1.62. The van der Waals surface area contributed by atoms with Crippen LogP contribution in [-0.2, 0) is 4.79 Å². The number of nitrogens with zero attached hydrogens (tertiary/aromatic N) is 5. The molecule has 11 heteroatoms. The highest BCUT2D eigenvalue weighted by Crippen LogP contribution is 2.31. The fraction of sp³-hybridized carbons (Fsp3) is 0.346. The standard InChI is InChI=1S/C26H30N8O2S/c1-4-28-16(2)14-29-25(35)17-12-20(31-23(13-17)33-9-8-21(33)26(36)27-3)18-15-30-34-10-7-19(32-24(18)34)22-6-5-11-37-22/h5-7,10-13,15-16,21,28H,4,8-9,14H2,1-3H3,(H,27,36)(H,29,35)/t16?,21-/m0/s1. The molecular weight excluding hydrogens is 488 g/mol. The summed E-state index contributed by atoms with van der Waals surface area (Å²) in [5, 5.41) is 15.5. The second-order valence-electron chi connectivity index (χ2n) is 9.00. The number of hydrogen-bond donors (Lipinski definition) is 3. The number of carbonyl (C=O) groups is 2. The first-order chi connectivity index (χ1) is 18.0. The van der Waals surface area contributed by atoms with Gasteiger partial charge < -0.3 is 20.9 Å². The minimum atomic E-state index is -0.315. The molecule has 37 heavy (non-hydrogen) atoms. The Balaban J connectivity index is 1.55. The summed E-state index contributed by atoms with van der Waals surface area (Å²) in [6.45, 7) is 6.06. The molecule has 1 aliphatic heterocycles. The zero-order valence-electron chi connectivity index (χ0n) is 21.1. The Morgan fingerprint density at radius 2 is 2.08 bits per heavy atom. The highest BCUT2D eigenvalue weighted by Gasteiger charge is 2.35. The Labute approximate surface area is 219 Å². The van der Waals surface area contributed by atoms with E-state index >= 15 is 0 Å². The van der Waals surface area contributed by atoms with Crippen LogP contribution < -0.4 is 20.9 Å². The van der Waals surface area contributed by atoms with Crippen molar-refractivity contribution >= 4 is 34.6 Å². The molecule has 4 aromatic rings. The lowest BCUT2D eigenvalue weighted by atomic mass is 10.0. The molecular formula is C26H30N8O2S. The molecule has 0 aliphatic carbocycles. The summed E-state index contributed by atoms with van der Waals surface area (Å²) in [6.07, 6.45) is 4.32. The number of thiophene rings is 1. The van der Waals surface area contributed by atoms with Gasteiger partial charge in [0.05, 0.1) is 28.0 Å². The van der Waals surface area contributed by atoms with Crippen LogP contribution in [0.5, 0.6) is 0 Å². The van der Waals surface area contributed by atoms with Gasteiger partial charge in [-0.2, -0.15) is 5.10 Å². The third-order valence-corrected chi connectivity index (χ3v) is 7.37. The molecule has 0 spiro atoms. The zero-order chi connectivity index (χ0) is 25.9. The van der Waals surface area contributed by atoms with E-state index in [-0.39, 0.29) is 23.9 Å². The van der Waals surface area contributed by atoms with Crippen molar-refractivity contribution in [2.75, 3.05) is 31.6 Å². The molecule has 1 fully saturated rings. The average Bonchev–Trinajstić information content (AvgIpc) is 3.56. The third-order valence-electron chi connectivity index (χ3n) is 6.48. The maximum atomic E-state index is 13.2. The minimum Gasteiger partial charge on any atom is -0.357 e. The van der Waals surface area contributed by atoms with Crippen LogP contribution in [0.1, 0.15) is 30.6 Å². The summed E-state index contributed by atoms with van der Waals surface area (Å²) in [4.78, 5) is 38.3. The van der Waals surface area contributed by atoms with Crippen LogP contribution >= 0.6 is 11.3 Å². The van der Waals surface area contributed by atoms with E-state index in [1.165, 1.54) is 0 Å². The largest absolute Gasteiger partial charge is 0.357 e. The number of pyridine rings is 1. The van der Waals surface area contributed by atoms with E-state index < -0.39 is 0 Å². The van der Waals surface area contributed by atoms with Crippen LogP contribution in [0.4, 0.5) is 5.82 Å². The second-order valence-corrected chi connectivity index (χ2v) is 9.94. The highest BCUT2D eigenvalue weighted by molar-refractivity contribution is 7.13. The first-order valence-corrected chi connectivity index (χ1v) is 13.3. The van der Waals surface area contributed by atoms with Crippen LogP contribution in [0.15, 0.2) is 48.1 Å². The van der Waals surface area contributed by atoms with E-state index in [4.69, 9.17) is 9.97 Å². The van der Waals surface area contributed by atoms with Crippen molar-refractivity contribution in [3.05, 3.63) is 53.7 Å². The quantitative estimate of drug-likeness (QED) is 0.312. The Morgan fingerprint density at radius 1 is 1.22 bits per heavy atom. The fourth-order valence-corrected chi connectivity index (χ4v) is 5.11. The number of carbonyl (C=O) groups excluding carboxylic acids is 2. The molecule has 1 saturated heterocycles. The second kappa shape index (κ2) is 10.7. The van der Waals surface area contributed by atoms with Gasteiger partial charge in [-0.25, -0.2) is 14.5 Å². The smallest absolute Gasteiger partial charge is 0.251 e. The average molecular weight is 519 g/mol. The number of nitrogens with one attached hydrogen (secondary N) is 3. The molecule has 10 nitrogen and oxygen atoms in total. The molecule has 1 aliphatic rings. The van der Waals surface area contributed by atoms with Gasteiger partial charge in [0.15, 0.2) is 5.65 Å². The molecule has 5 rings (SSSR count). The molecule has 0 aromatic carbocycles. The minimum absolute atomic E-state index is 0.0674. The van der Waals surface area contributed by atoms with E-state index in [0.29, 0.717) is 41.4 Å². The predicted molar refractivity (Wildman–Crippen MR) is 145 cm³/mol. The van der Waals surface area contributed by atoms with Crippen molar-refractivity contribution in [3.63, 3.8) is 0 Å². The first-order valence-electron chi connectivity index (χ1n) is 12.4. The Kier molecular flexibility index (Phi) is 7.15. The zero-order valence-corrected chi connectivity index (χ0v) is 21.9. The lowest BCUT2D eigenvalue weighted by Crippen LogP contribution is -2.56. The van der Waals surface area contributed by atoms with E-state index in [0.717, 1.165) is 23.5 Å². The van der Waals surface area contributed by atoms with Gasteiger partial charge in [0.1, 0.15) is 11.9 Å². The summed E-state index contributed by atoms with van der Waals surface area (Å²) < 4.78 is 1.70. The van der Waals surface area contributed by atoms with Gasteiger partial charge in [-0.15, -0.1) is 11.3 Å². The number of aromatic nitrogens is 4. The van der Waals surface area contributed by atoms with Crippen molar-refractivity contribution in [2.45, 2.75) is 32.4 Å². The number of rotatable bonds is 9. The maximum Gasteiger partial charge on any atom is 0.251 e. The van der Waals surface area contributed by atoms with E-state index in [1.54, 1.807) is 41.2 Å². The van der Waals surface area contributed by atoms with Crippen molar-refractivity contribution < 1.29 is 9.59 Å². The number of likely N-dealkylation sites (N-methyl/N-ethyl adjacent to an activating group) is 2. The van der Waals surface area contributed by atoms with Gasteiger partial charge in [0, 0.05) is 37.9 Å². The Bertz CT molecular complexity index is 1420. The van der Waals surface area contributed by atoms with Crippen molar-refractivity contribution in [3.8, 4) is 21.8 Å². The number of hydrogen-bond acceptors (Lipinski definition) is 8. The molecule has 3 N–H and O–H groups in total. The van der Waals surface area contributed by atoms with Gasteiger partial charge >= 0.3 is 0 Å². The molecule has 0 saturated carbocycles. The molecule has 5 heterocycles. The number of anilines is 1. The molecule has 192 valence electrons. The Morgan fingerprint density at radius 3 is 2.78 bits per heavy atom. The summed E-state index contributed by atoms with van der Waals surface area (Å²) in [5.74, 6) is 0.313. The summed E-state index contributed by atoms with van der Waals surface area (Å²) in [7, 11) is 1.63. The topological polar surface area (TPSA) is 117 Å². The van der Waals surface area contributed by atoms with Crippen molar-refractivity contribution in [1.82, 2.24) is 35.5 Å². The lowest BCUT2D eigenvalue weighted by Gasteiger charge is -2.40. The molecule has 0 radical (unpaired) electrons. The predicted octanol–water partition coefficient (Wildman–Crippen LogP) is 2.57. The van der Waals surface area contributed by atoms with E-state index in [9.17, 15) is 9.59 Å². The highest BCUT2D eigenvalue weighted by atomic mass is 32.1. The van der Waals surface area contributed by atoms with Crippen LogP contribution in [0.25, 0.3) is 27.5 Å². The van der Waals surface area contributed by atoms with Gasteiger partial charge in [-0.05, 0) is 49.5 Å². The van der Waals surface area contributed by atoms with E-state index in [2.05, 4.69) is 21.0 Å². The molecule has 2 atom stereocenters. The molecule has 2 amide bonds. The van der Waals surface area contributed by atoms with Crippen LogP contribution in [0.3, 0.4) is 0 Å². The monoisotopic (exact) mass is 518 g/mol. The van der Waals surface area contributed by atoms with E-state index in [1.807, 2.05) is 48.5 Å². The van der Waals surface area contributed by atoms with Crippen molar-refractivity contribution in [2.24, 2.45) is 0 Å². The summed E-state index contributed by atoms with van der Waals surface area (Å²) in [6, 6.07) is 9.29. The Hall–Kier alpha value is -3.83. The fourth-order valence-electron chi connectivity index (χ4n) is 4.41. The molecule has 0 bridgehead atoms. The van der Waals surface area contributed by atoms with Crippen molar-refractivity contribution in [1.29, 1.82) is 0 Å². The van der Waals surface area contributed by atoms with Gasteiger partial charge in [0.2, 0.25) is 5.91 Å². The molecule has 1 unspecified atom stereocenters. The maximum absolute atomic E-state index is 13.2. The number of fused-ring (bicyclic) bond motifs is 1. The van der Waals surface area contributed by atoms with Gasteiger partial charge in [0.25, 0.3) is 5.91 Å². The first kappa shape index (κ1) is 24.8. The van der Waals surface area contributed by atoms with Gasteiger partial charge in [-0.1, -0.05) is 13.0 Å². The lowest BCUT2D eigenvalue weighted by molar-refractivity contribution is -0.123. The number of amides is 2. The third kappa shape index (κ3) is 5.05. The SMILES string of the molecule is CCNC(C)CNC(=O)c1cc(-c2cnn3ccc(-c4cccs4)nc23)nc(N2CC[C@H]2C(=O)NC)c1. The van der Waals surface area contributed by atoms with Crippen LogP contribution in [-0.4, -0.2) is 70.2 Å². The molecule has 4 aromatic heterocycles. The summed E-state index contributed by atoms with van der Waals surface area (Å²) in [5.41, 5.74) is 3.26. The van der Waals surface area contributed by atoms with Gasteiger partial charge in [-0.3, -0.25) is 9.59 Å². The van der Waals surface area contributed by atoms with Crippen LogP contribution in [0, 0.1) is 0 Å². The normalized spacial score (nSPS) is 15.9. The van der Waals surface area contributed by atoms with Crippen LogP contribution in [0.2, 0.25) is 0 Å².